The number of amides is 1. The minimum absolute atomic E-state index is 0.0181. The summed E-state index contributed by atoms with van der Waals surface area (Å²) in [6.07, 6.45) is 15.2. The lowest BCUT2D eigenvalue weighted by atomic mass is 10.1. The summed E-state index contributed by atoms with van der Waals surface area (Å²) in [5.41, 5.74) is 6.81. The molecule has 3 atom stereocenters. The molecule has 1 aliphatic heterocycles. The Bertz CT molecular complexity index is 739. The molecule has 3 unspecified atom stereocenters. The summed E-state index contributed by atoms with van der Waals surface area (Å²) >= 11 is 1.29. The maximum absolute atomic E-state index is 12.4. The second-order valence-electron chi connectivity index (χ2n) is 7.72. The monoisotopic (exact) mass is 418 g/mol. The molecule has 3 N–H and O–H groups in total. The molecule has 158 valence electrons. The predicted octanol–water partition coefficient (Wildman–Crippen LogP) is 3.06. The van der Waals surface area contributed by atoms with E-state index in [0.29, 0.717) is 12.8 Å². The first kappa shape index (κ1) is 23.2. The summed E-state index contributed by atoms with van der Waals surface area (Å²) in [4.78, 5) is 37.4. The van der Waals surface area contributed by atoms with E-state index in [2.05, 4.69) is 13.8 Å². The third-order valence-corrected chi connectivity index (χ3v) is 6.24. The number of carboxylic acid groups (broad SMARTS) is 1. The SMILES string of the molecule is CC(C)C(/C=C/CCC(=O)N1CC(N)CC1C(=O)O)SC(=O)/C=C1\C=CC=CC1. The van der Waals surface area contributed by atoms with Crippen LogP contribution in [0.3, 0.4) is 0 Å². The standard InChI is InChI=1S/C22H30N2O4S/c1-15(2)19(29-21(26)12-16-8-4-3-5-9-16)10-6-7-11-20(25)24-14-17(23)13-18(24)22(27)28/h3-6,8,10,12,15,17-19H,7,9,11,13-14,23H2,1-2H3,(H,27,28)/b10-6+,16-12+. The number of nitrogens with zero attached hydrogens (tertiary/aromatic N) is 1. The Morgan fingerprint density at radius 3 is 2.72 bits per heavy atom. The van der Waals surface area contributed by atoms with Gasteiger partial charge in [0.1, 0.15) is 6.04 Å². The van der Waals surface area contributed by atoms with E-state index in [0.717, 1.165) is 12.0 Å². The summed E-state index contributed by atoms with van der Waals surface area (Å²) in [6.45, 7) is 4.40. The normalized spacial score (nSPS) is 24.0. The Morgan fingerprint density at radius 1 is 1.34 bits per heavy atom. The first-order valence-corrected chi connectivity index (χ1v) is 10.8. The summed E-state index contributed by atoms with van der Waals surface area (Å²) in [5.74, 6) is -0.931. The molecule has 0 radical (unpaired) electrons. The summed E-state index contributed by atoms with van der Waals surface area (Å²) in [7, 11) is 0. The van der Waals surface area contributed by atoms with Crippen molar-refractivity contribution in [1.82, 2.24) is 4.90 Å². The van der Waals surface area contributed by atoms with Crippen molar-refractivity contribution in [2.75, 3.05) is 6.54 Å². The van der Waals surface area contributed by atoms with Crippen molar-refractivity contribution in [3.8, 4) is 0 Å². The molecular weight excluding hydrogens is 388 g/mol. The third-order valence-electron chi connectivity index (χ3n) is 4.91. The van der Waals surface area contributed by atoms with E-state index in [9.17, 15) is 19.5 Å². The number of thioether (sulfide) groups is 1. The largest absolute Gasteiger partial charge is 0.480 e. The topological polar surface area (TPSA) is 101 Å². The van der Waals surface area contributed by atoms with Gasteiger partial charge in [-0.1, -0.05) is 62.1 Å². The smallest absolute Gasteiger partial charge is 0.326 e. The van der Waals surface area contributed by atoms with Crippen molar-refractivity contribution < 1.29 is 19.5 Å². The van der Waals surface area contributed by atoms with Crippen LogP contribution in [0.25, 0.3) is 0 Å². The van der Waals surface area contributed by atoms with Gasteiger partial charge in [-0.05, 0) is 36.8 Å². The average Bonchev–Trinajstić information content (AvgIpc) is 3.07. The van der Waals surface area contributed by atoms with Crippen LogP contribution in [0.2, 0.25) is 0 Å². The van der Waals surface area contributed by atoms with E-state index in [4.69, 9.17) is 5.73 Å². The van der Waals surface area contributed by atoms with Crippen LogP contribution >= 0.6 is 11.8 Å². The average molecular weight is 419 g/mol. The van der Waals surface area contributed by atoms with Crippen LogP contribution in [0.1, 0.15) is 39.5 Å². The van der Waals surface area contributed by atoms with Gasteiger partial charge in [-0.3, -0.25) is 9.59 Å². The van der Waals surface area contributed by atoms with Crippen LogP contribution in [0.4, 0.5) is 0 Å². The van der Waals surface area contributed by atoms with Crippen molar-refractivity contribution in [1.29, 1.82) is 0 Å². The Hall–Kier alpha value is -2.12. The molecule has 7 heteroatoms. The van der Waals surface area contributed by atoms with Crippen LogP contribution in [0.5, 0.6) is 0 Å². The van der Waals surface area contributed by atoms with Gasteiger partial charge in [0, 0.05) is 24.3 Å². The molecule has 1 fully saturated rings. The maximum Gasteiger partial charge on any atom is 0.326 e. The number of hydrogen-bond acceptors (Lipinski definition) is 5. The van der Waals surface area contributed by atoms with Gasteiger partial charge in [-0.15, -0.1) is 0 Å². The van der Waals surface area contributed by atoms with E-state index in [1.807, 2.05) is 36.5 Å². The first-order valence-electron chi connectivity index (χ1n) is 9.96. The fourth-order valence-electron chi connectivity index (χ4n) is 3.31. The number of carboxylic acids is 1. The number of carbonyl (C=O) groups is 3. The highest BCUT2D eigenvalue weighted by Gasteiger charge is 2.37. The Balaban J connectivity index is 1.85. The third kappa shape index (κ3) is 7.33. The van der Waals surface area contributed by atoms with Gasteiger partial charge >= 0.3 is 5.97 Å². The molecule has 1 amide bonds. The maximum atomic E-state index is 12.4. The number of carbonyl (C=O) groups excluding carboxylic acids is 2. The van der Waals surface area contributed by atoms with Crippen molar-refractivity contribution in [3.63, 3.8) is 0 Å². The van der Waals surface area contributed by atoms with Gasteiger partial charge in [-0.2, -0.15) is 0 Å². The molecule has 6 nitrogen and oxygen atoms in total. The zero-order valence-electron chi connectivity index (χ0n) is 17.0. The molecule has 2 aliphatic rings. The lowest BCUT2D eigenvalue weighted by Crippen LogP contribution is -2.40. The summed E-state index contributed by atoms with van der Waals surface area (Å²) in [5, 5.41) is 9.29. The number of likely N-dealkylation sites (tertiary alicyclic amines) is 1. The van der Waals surface area contributed by atoms with E-state index < -0.39 is 12.0 Å². The molecule has 0 spiro atoms. The quantitative estimate of drug-likeness (QED) is 0.464. The second-order valence-corrected chi connectivity index (χ2v) is 8.90. The summed E-state index contributed by atoms with van der Waals surface area (Å²) in [6, 6.07) is -1.11. The molecule has 1 heterocycles. The van der Waals surface area contributed by atoms with Gasteiger partial charge in [0.25, 0.3) is 0 Å². The van der Waals surface area contributed by atoms with Gasteiger partial charge in [0.05, 0.1) is 0 Å². The predicted molar refractivity (Wildman–Crippen MR) is 116 cm³/mol. The van der Waals surface area contributed by atoms with Gasteiger partial charge in [0.15, 0.2) is 0 Å². The van der Waals surface area contributed by atoms with Crippen molar-refractivity contribution >= 4 is 28.8 Å². The zero-order chi connectivity index (χ0) is 21.4. The van der Waals surface area contributed by atoms with Gasteiger partial charge in [-0.25, -0.2) is 4.79 Å². The van der Waals surface area contributed by atoms with Gasteiger partial charge in [0.2, 0.25) is 11.0 Å². The molecule has 0 aromatic rings. The highest BCUT2D eigenvalue weighted by molar-refractivity contribution is 8.14. The van der Waals surface area contributed by atoms with Crippen LogP contribution in [0.15, 0.2) is 48.1 Å². The number of aliphatic carboxylic acids is 1. The lowest BCUT2D eigenvalue weighted by molar-refractivity contribution is -0.148. The van der Waals surface area contributed by atoms with E-state index in [1.54, 1.807) is 6.08 Å². The zero-order valence-corrected chi connectivity index (χ0v) is 17.8. The van der Waals surface area contributed by atoms with Crippen molar-refractivity contribution in [3.05, 3.63) is 48.1 Å². The Kier molecular flexibility index (Phi) is 8.92. The van der Waals surface area contributed by atoms with Gasteiger partial charge < -0.3 is 15.7 Å². The van der Waals surface area contributed by atoms with E-state index in [-0.39, 0.29) is 41.2 Å². The van der Waals surface area contributed by atoms with E-state index >= 15 is 0 Å². The molecule has 2 rings (SSSR count). The fourth-order valence-corrected chi connectivity index (χ4v) is 4.26. The number of hydrogen-bond donors (Lipinski definition) is 2. The molecule has 0 aromatic carbocycles. The van der Waals surface area contributed by atoms with E-state index in [1.165, 1.54) is 16.7 Å². The van der Waals surface area contributed by atoms with Crippen LogP contribution < -0.4 is 5.73 Å². The molecule has 29 heavy (non-hydrogen) atoms. The lowest BCUT2D eigenvalue weighted by Gasteiger charge is -2.21. The van der Waals surface area contributed by atoms with Crippen molar-refractivity contribution in [2.24, 2.45) is 11.7 Å². The van der Waals surface area contributed by atoms with Crippen LogP contribution in [-0.4, -0.2) is 50.9 Å². The number of rotatable bonds is 8. The Morgan fingerprint density at radius 2 is 2.10 bits per heavy atom. The fraction of sp³-hybridized carbons (Fsp3) is 0.500. The Labute approximate surface area is 176 Å². The number of nitrogens with two attached hydrogens (primary N) is 1. The molecule has 0 bridgehead atoms. The first-order chi connectivity index (χ1) is 13.8. The molecule has 0 aromatic heterocycles. The highest BCUT2D eigenvalue weighted by atomic mass is 32.2. The number of allylic oxidation sites excluding steroid dienone is 6. The molecule has 1 aliphatic carbocycles. The molecule has 0 saturated carbocycles. The van der Waals surface area contributed by atoms with Crippen LogP contribution in [-0.2, 0) is 14.4 Å². The minimum atomic E-state index is -1.01. The molecular formula is C22H30N2O4S. The van der Waals surface area contributed by atoms with Crippen molar-refractivity contribution in [2.45, 2.75) is 56.9 Å². The second kappa shape index (κ2) is 11.2. The highest BCUT2D eigenvalue weighted by Crippen LogP contribution is 2.24. The molecule has 1 saturated heterocycles. The summed E-state index contributed by atoms with van der Waals surface area (Å²) < 4.78 is 0. The minimum Gasteiger partial charge on any atom is -0.480 e. The van der Waals surface area contributed by atoms with Crippen LogP contribution in [0, 0.1) is 5.92 Å².